The summed E-state index contributed by atoms with van der Waals surface area (Å²) in [5.41, 5.74) is 28.3. The van der Waals surface area contributed by atoms with Crippen molar-refractivity contribution in [1.29, 1.82) is 0 Å². The summed E-state index contributed by atoms with van der Waals surface area (Å²) in [6.45, 7) is 18.0. The molecule has 4 heterocycles. The Kier molecular flexibility index (Phi) is 8.51. The molecule has 66 heavy (non-hydrogen) atoms. The van der Waals surface area contributed by atoms with Gasteiger partial charge in [0.2, 0.25) is 0 Å². The number of fused-ring (bicyclic) bond motifs is 12. The van der Waals surface area contributed by atoms with E-state index in [0.717, 1.165) is 0 Å². The van der Waals surface area contributed by atoms with E-state index >= 15 is 0 Å². The summed E-state index contributed by atoms with van der Waals surface area (Å²) in [7, 11) is 0. The molecule has 0 aliphatic heterocycles. The van der Waals surface area contributed by atoms with Crippen molar-refractivity contribution in [3.63, 3.8) is 0 Å². The van der Waals surface area contributed by atoms with Gasteiger partial charge in [-0.1, -0.05) is 109 Å². The zero-order chi connectivity index (χ0) is 44.9. The van der Waals surface area contributed by atoms with Crippen LogP contribution in [0.5, 0.6) is 0 Å². The van der Waals surface area contributed by atoms with Crippen molar-refractivity contribution >= 4 is 96.1 Å². The van der Waals surface area contributed by atoms with Crippen molar-refractivity contribution in [2.45, 2.75) is 55.4 Å². The van der Waals surface area contributed by atoms with Gasteiger partial charge in [0.25, 0.3) is 0 Å². The Bertz CT molecular complexity index is 3900. The van der Waals surface area contributed by atoms with Crippen LogP contribution in [-0.4, -0.2) is 8.80 Å². The van der Waals surface area contributed by atoms with Crippen LogP contribution in [0.25, 0.3) is 118 Å². The van der Waals surface area contributed by atoms with Crippen LogP contribution in [0.15, 0.2) is 146 Å². The molecular weight excluding hydrogens is 837 g/mol. The molecule has 0 bridgehead atoms. The van der Waals surface area contributed by atoms with E-state index in [1.54, 1.807) is 0 Å². The Morgan fingerprint density at radius 3 is 0.909 bits per heavy atom. The molecule has 0 amide bonds. The molecule has 13 rings (SSSR count). The molecule has 0 spiro atoms. The Morgan fingerprint density at radius 2 is 0.591 bits per heavy atom. The summed E-state index contributed by atoms with van der Waals surface area (Å²) in [6.07, 6.45) is 0. The zero-order valence-electron chi connectivity index (χ0n) is 38.6. The average Bonchev–Trinajstić information content (AvgIpc) is 3.82. The number of aromatic nitrogens is 2. The van der Waals surface area contributed by atoms with Gasteiger partial charge in [-0.25, -0.2) is 0 Å². The maximum Gasteiger partial charge on any atom is 0.0736 e. The molecule has 0 atom stereocenters. The summed E-state index contributed by atoms with van der Waals surface area (Å²) in [6, 6.07) is 55.7. The van der Waals surface area contributed by atoms with Crippen LogP contribution in [0.3, 0.4) is 0 Å². The van der Waals surface area contributed by atoms with E-state index in [-0.39, 0.29) is 0 Å². The van der Waals surface area contributed by atoms with Crippen LogP contribution in [0.4, 0.5) is 0 Å². The first-order valence-corrected chi connectivity index (χ1v) is 24.7. The molecule has 2 nitrogen and oxygen atoms in total. The molecule has 318 valence electrons. The standard InChI is InChI=1S/C62H48N2S2/c1-33-13-9-14-34(2)53(33)41-21-25-45-49(29-41)63-47-27-23-43(55-37(5)17-11-18-38(55)6)31-51(47)65-62-58-46-26-22-42(54-35(3)15-10-16-36(54)4)30-50(46)64-48-28-24-44(56-39(7)19-12-20-40(56)8)32-52(48)66-61(60(58)64)57(45)59(62)63/h9-32H,1-8H3. The number of aryl methyl sites for hydroxylation is 8. The second-order valence-electron chi connectivity index (χ2n) is 18.9. The van der Waals surface area contributed by atoms with Gasteiger partial charge in [-0.2, -0.15) is 0 Å². The lowest BCUT2D eigenvalue weighted by atomic mass is 9.95. The number of nitrogens with zero attached hydrogens (tertiary/aromatic N) is 2. The zero-order valence-corrected chi connectivity index (χ0v) is 40.2. The Morgan fingerprint density at radius 1 is 0.303 bits per heavy atom. The summed E-state index contributed by atoms with van der Waals surface area (Å²) < 4.78 is 10.5. The molecule has 4 heteroatoms. The lowest BCUT2D eigenvalue weighted by Gasteiger charge is -2.15. The Balaban J connectivity index is 1.25. The van der Waals surface area contributed by atoms with Crippen LogP contribution in [0.2, 0.25) is 0 Å². The number of rotatable bonds is 4. The fourth-order valence-corrected chi connectivity index (χ4v) is 14.4. The molecule has 0 N–H and O–H groups in total. The van der Waals surface area contributed by atoms with Gasteiger partial charge in [-0.15, -0.1) is 22.7 Å². The fraction of sp³-hybridized carbons (Fsp3) is 0.129. The fourth-order valence-electron chi connectivity index (χ4n) is 11.9. The van der Waals surface area contributed by atoms with Crippen molar-refractivity contribution in [2.75, 3.05) is 0 Å². The highest BCUT2D eigenvalue weighted by Crippen LogP contribution is 2.52. The first-order chi connectivity index (χ1) is 32.0. The minimum atomic E-state index is 1.24. The highest BCUT2D eigenvalue weighted by atomic mass is 32.1. The van der Waals surface area contributed by atoms with E-state index in [2.05, 4.69) is 210 Å². The molecule has 0 fully saturated rings. The molecule has 0 aliphatic carbocycles. The van der Waals surface area contributed by atoms with Gasteiger partial charge in [-0.05, 0) is 181 Å². The maximum absolute atomic E-state index is 2.63. The third-order valence-electron chi connectivity index (χ3n) is 14.7. The second-order valence-corrected chi connectivity index (χ2v) is 21.0. The van der Waals surface area contributed by atoms with Gasteiger partial charge in [0.1, 0.15) is 0 Å². The van der Waals surface area contributed by atoms with E-state index in [0.29, 0.717) is 0 Å². The highest BCUT2D eigenvalue weighted by molar-refractivity contribution is 7.27. The number of hydrogen-bond acceptors (Lipinski definition) is 2. The number of benzene rings is 9. The van der Waals surface area contributed by atoms with E-state index in [4.69, 9.17) is 0 Å². The largest absolute Gasteiger partial charge is 0.306 e. The molecule has 0 radical (unpaired) electrons. The third kappa shape index (κ3) is 5.46. The smallest absolute Gasteiger partial charge is 0.0736 e. The number of hydrogen-bond donors (Lipinski definition) is 0. The van der Waals surface area contributed by atoms with E-state index in [1.807, 2.05) is 22.7 Å². The van der Waals surface area contributed by atoms with E-state index < -0.39 is 0 Å². The van der Waals surface area contributed by atoms with Gasteiger partial charge in [0, 0.05) is 21.5 Å². The minimum Gasteiger partial charge on any atom is -0.306 e. The average molecular weight is 885 g/mol. The van der Waals surface area contributed by atoms with Crippen LogP contribution in [0, 0.1) is 55.4 Å². The van der Waals surface area contributed by atoms with Crippen LogP contribution in [-0.2, 0) is 0 Å². The van der Waals surface area contributed by atoms with Gasteiger partial charge in [-0.3, -0.25) is 0 Å². The van der Waals surface area contributed by atoms with E-state index in [1.165, 1.54) is 162 Å². The summed E-state index contributed by atoms with van der Waals surface area (Å²) in [5.74, 6) is 0. The van der Waals surface area contributed by atoms with Crippen molar-refractivity contribution in [2.24, 2.45) is 0 Å². The Hall–Kier alpha value is -6.98. The first-order valence-electron chi connectivity index (χ1n) is 23.1. The normalized spacial score (nSPS) is 12.2. The molecule has 13 aromatic rings. The molecule has 4 aromatic heterocycles. The van der Waals surface area contributed by atoms with Crippen molar-refractivity contribution in [1.82, 2.24) is 8.80 Å². The predicted molar refractivity (Wildman–Crippen MR) is 289 cm³/mol. The topological polar surface area (TPSA) is 8.82 Å². The van der Waals surface area contributed by atoms with Gasteiger partial charge in [0.05, 0.1) is 51.9 Å². The SMILES string of the molecule is Cc1cccc(C)c1-c1ccc2c(c1)sc1c3c4ccc(-c5c(C)cccc5C)cc4n4c5ccc(-c6c(C)cccc6C)cc5sc(c5c6ccc(-c7c(C)cccc7C)cc6n2c15)c34. The predicted octanol–water partition coefficient (Wildman–Crippen LogP) is 18.4. The minimum absolute atomic E-state index is 1.24. The summed E-state index contributed by atoms with van der Waals surface area (Å²) in [4.78, 5) is 0. The molecule has 0 saturated heterocycles. The summed E-state index contributed by atoms with van der Waals surface area (Å²) in [5, 5.41) is 5.26. The van der Waals surface area contributed by atoms with Crippen molar-refractivity contribution < 1.29 is 0 Å². The second kappa shape index (κ2) is 14.3. The van der Waals surface area contributed by atoms with Crippen molar-refractivity contribution in [3.05, 3.63) is 190 Å². The molecule has 0 aliphatic rings. The monoisotopic (exact) mass is 884 g/mol. The van der Waals surface area contributed by atoms with Crippen LogP contribution in [0.1, 0.15) is 44.5 Å². The molecule has 9 aromatic carbocycles. The van der Waals surface area contributed by atoms with Gasteiger partial charge in [0.15, 0.2) is 0 Å². The van der Waals surface area contributed by atoms with Gasteiger partial charge < -0.3 is 8.80 Å². The Labute approximate surface area is 392 Å². The van der Waals surface area contributed by atoms with Crippen LogP contribution >= 0.6 is 22.7 Å². The molecule has 0 saturated carbocycles. The molecule has 0 unspecified atom stereocenters. The third-order valence-corrected chi connectivity index (χ3v) is 17.0. The maximum atomic E-state index is 2.63. The lowest BCUT2D eigenvalue weighted by molar-refractivity contribution is 1.34. The quantitative estimate of drug-likeness (QED) is 0.156. The van der Waals surface area contributed by atoms with Crippen LogP contribution < -0.4 is 0 Å². The lowest BCUT2D eigenvalue weighted by Crippen LogP contribution is -1.93. The summed E-state index contributed by atoms with van der Waals surface area (Å²) >= 11 is 3.93. The van der Waals surface area contributed by atoms with E-state index in [9.17, 15) is 0 Å². The van der Waals surface area contributed by atoms with Gasteiger partial charge >= 0.3 is 0 Å². The first kappa shape index (κ1) is 39.4. The highest BCUT2D eigenvalue weighted by Gasteiger charge is 2.27. The van der Waals surface area contributed by atoms with Crippen molar-refractivity contribution in [3.8, 4) is 44.5 Å². The molecular formula is C62H48N2S2.